The van der Waals surface area contributed by atoms with Crippen LogP contribution in [0.4, 0.5) is 10.8 Å². The van der Waals surface area contributed by atoms with Gasteiger partial charge in [0.1, 0.15) is 9.90 Å². The number of hydrogen-bond donors (Lipinski definition) is 1. The number of nitrogens with zero attached hydrogens (tertiary/aromatic N) is 3. The van der Waals surface area contributed by atoms with Crippen molar-refractivity contribution in [2.45, 2.75) is 48.9 Å². The number of hydrogen-bond acceptors (Lipinski definition) is 7. The summed E-state index contributed by atoms with van der Waals surface area (Å²) >= 11 is 1.21. The Kier molecular flexibility index (Phi) is 3.66. The minimum Gasteiger partial charge on any atom is -0.382 e. The molecule has 3 rings (SSSR count). The molecule has 1 aromatic rings. The summed E-state index contributed by atoms with van der Waals surface area (Å²) in [5.41, 5.74) is 5.88. The summed E-state index contributed by atoms with van der Waals surface area (Å²) in [4.78, 5) is 4.73. The van der Waals surface area contributed by atoms with Crippen LogP contribution in [0, 0.1) is 0 Å². The van der Waals surface area contributed by atoms with E-state index in [0.29, 0.717) is 12.1 Å². The van der Waals surface area contributed by atoms with Crippen LogP contribution in [0.2, 0.25) is 0 Å². The van der Waals surface area contributed by atoms with Crippen molar-refractivity contribution in [1.82, 2.24) is 9.27 Å². The Morgan fingerprint density at radius 1 is 1.24 bits per heavy atom. The summed E-state index contributed by atoms with van der Waals surface area (Å²) in [5.74, 6) is 0.168. The summed E-state index contributed by atoms with van der Waals surface area (Å²) < 4.78 is 29.4. The van der Waals surface area contributed by atoms with Gasteiger partial charge in [-0.1, -0.05) is 0 Å². The fourth-order valence-corrected chi connectivity index (χ4v) is 5.91. The van der Waals surface area contributed by atoms with E-state index in [1.54, 1.807) is 0 Å². The lowest BCUT2D eigenvalue weighted by atomic mass is 10.1. The lowest BCUT2D eigenvalue weighted by Gasteiger charge is -2.43. The predicted molar refractivity (Wildman–Crippen MR) is 85.6 cm³/mol. The van der Waals surface area contributed by atoms with Gasteiger partial charge in [-0.05, 0) is 45.3 Å². The van der Waals surface area contributed by atoms with Crippen LogP contribution in [0.25, 0.3) is 0 Å². The summed E-state index contributed by atoms with van der Waals surface area (Å²) in [6, 6.07) is 0.738. The second-order valence-corrected chi connectivity index (χ2v) is 9.13. The fraction of sp³-hybridized carbons (Fsp3) is 0.769. The molecule has 1 saturated carbocycles. The third-order valence-corrected chi connectivity index (χ3v) is 7.93. The largest absolute Gasteiger partial charge is 0.382 e. The highest BCUT2D eigenvalue weighted by atomic mass is 32.2. The number of nitrogen functional groups attached to an aromatic ring is 1. The van der Waals surface area contributed by atoms with Crippen molar-refractivity contribution < 1.29 is 8.42 Å². The Labute approximate surface area is 130 Å². The molecule has 0 spiro atoms. The molecule has 1 aliphatic heterocycles. The topological polar surface area (TPSA) is 79.5 Å². The predicted octanol–water partition coefficient (Wildman–Crippen LogP) is 1.19. The van der Waals surface area contributed by atoms with Crippen molar-refractivity contribution in [1.29, 1.82) is 0 Å². The normalized spacial score (nSPS) is 28.0. The molecule has 0 amide bonds. The van der Waals surface area contributed by atoms with Gasteiger partial charge >= 0.3 is 0 Å². The van der Waals surface area contributed by atoms with Crippen molar-refractivity contribution in [2.24, 2.45) is 0 Å². The van der Waals surface area contributed by atoms with Gasteiger partial charge in [0, 0.05) is 25.2 Å². The Balaban J connectivity index is 1.97. The van der Waals surface area contributed by atoms with E-state index in [4.69, 9.17) is 5.73 Å². The van der Waals surface area contributed by atoms with Gasteiger partial charge in [0.25, 0.3) is 0 Å². The Hall–Kier alpha value is -0.860. The third kappa shape index (κ3) is 2.53. The van der Waals surface area contributed by atoms with E-state index in [1.165, 1.54) is 11.5 Å². The molecule has 1 aromatic heterocycles. The van der Waals surface area contributed by atoms with Gasteiger partial charge in [-0.3, -0.25) is 4.90 Å². The number of sulfone groups is 1. The number of rotatable bonds is 3. The molecule has 2 unspecified atom stereocenters. The van der Waals surface area contributed by atoms with Crippen molar-refractivity contribution in [3.63, 3.8) is 0 Å². The van der Waals surface area contributed by atoms with E-state index in [2.05, 4.69) is 35.1 Å². The fourth-order valence-electron chi connectivity index (χ4n) is 2.87. The van der Waals surface area contributed by atoms with Crippen LogP contribution in [-0.4, -0.2) is 55.2 Å². The van der Waals surface area contributed by atoms with Gasteiger partial charge in [0.15, 0.2) is 15.7 Å². The molecule has 2 atom stereocenters. The van der Waals surface area contributed by atoms with E-state index in [9.17, 15) is 8.42 Å². The maximum Gasteiger partial charge on any atom is 0.187 e. The summed E-state index contributed by atoms with van der Waals surface area (Å²) in [6.07, 6.45) is 1.49. The van der Waals surface area contributed by atoms with Crippen LogP contribution in [0.3, 0.4) is 0 Å². The zero-order valence-corrected chi connectivity index (χ0v) is 14.2. The smallest absolute Gasteiger partial charge is 0.187 e. The van der Waals surface area contributed by atoms with Crippen LogP contribution in [0.5, 0.6) is 0 Å². The van der Waals surface area contributed by atoms with Gasteiger partial charge in [0.2, 0.25) is 0 Å². The molecule has 6 nitrogen and oxygen atoms in total. The van der Waals surface area contributed by atoms with Crippen molar-refractivity contribution in [3.8, 4) is 0 Å². The van der Waals surface area contributed by atoms with E-state index in [1.807, 2.05) is 0 Å². The maximum atomic E-state index is 12.6. The molecule has 2 aliphatic rings. The third-order valence-electron chi connectivity index (χ3n) is 4.55. The molecule has 0 aromatic carbocycles. The molecule has 0 bridgehead atoms. The highest BCUT2D eigenvalue weighted by molar-refractivity contribution is 7.92. The molecular weight excluding hydrogens is 308 g/mol. The summed E-state index contributed by atoms with van der Waals surface area (Å²) in [6.45, 7) is 5.91. The number of nitrogens with two attached hydrogens (primary N) is 1. The molecular formula is C13H22N4O2S2. The minimum absolute atomic E-state index is 0.168. The lowest BCUT2D eigenvalue weighted by Crippen LogP contribution is -2.55. The average molecular weight is 330 g/mol. The second-order valence-electron chi connectivity index (χ2n) is 6.21. The van der Waals surface area contributed by atoms with Crippen LogP contribution >= 0.6 is 11.5 Å². The van der Waals surface area contributed by atoms with Gasteiger partial charge in [-0.25, -0.2) is 8.42 Å². The van der Waals surface area contributed by atoms with Crippen LogP contribution in [0.15, 0.2) is 4.90 Å². The minimum atomic E-state index is -3.31. The zero-order valence-electron chi connectivity index (χ0n) is 12.6. The Morgan fingerprint density at radius 3 is 2.33 bits per heavy atom. The first-order valence-corrected chi connectivity index (χ1v) is 9.60. The standard InChI is InChI=1S/C13H22N4O2S2/c1-8-6-17(7-9(2)16(8)3)13-11(12(14)15-20-13)21(18,19)10-4-5-10/h8-10H,4-7H2,1-3H3,(H2,14,15). The Morgan fingerprint density at radius 2 is 1.81 bits per heavy atom. The lowest BCUT2D eigenvalue weighted by molar-refractivity contribution is 0.170. The van der Waals surface area contributed by atoms with E-state index in [-0.39, 0.29) is 16.0 Å². The number of anilines is 2. The molecule has 0 radical (unpaired) electrons. The first-order valence-electron chi connectivity index (χ1n) is 7.28. The molecule has 21 heavy (non-hydrogen) atoms. The molecule has 2 heterocycles. The van der Waals surface area contributed by atoms with Crippen LogP contribution in [0.1, 0.15) is 26.7 Å². The quantitative estimate of drug-likeness (QED) is 0.897. The van der Waals surface area contributed by atoms with Crippen molar-refractivity contribution >= 4 is 32.2 Å². The highest BCUT2D eigenvalue weighted by Gasteiger charge is 2.42. The van der Waals surface area contributed by atoms with E-state index in [0.717, 1.165) is 30.9 Å². The second kappa shape index (κ2) is 5.10. The highest BCUT2D eigenvalue weighted by Crippen LogP contribution is 2.43. The maximum absolute atomic E-state index is 12.6. The van der Waals surface area contributed by atoms with Crippen molar-refractivity contribution in [3.05, 3.63) is 0 Å². The molecule has 2 N–H and O–H groups in total. The average Bonchev–Trinajstić information content (AvgIpc) is 3.19. The van der Waals surface area contributed by atoms with Crippen LogP contribution in [-0.2, 0) is 9.84 Å². The van der Waals surface area contributed by atoms with Gasteiger partial charge in [0.05, 0.1) is 5.25 Å². The molecule has 1 aliphatic carbocycles. The first-order chi connectivity index (χ1) is 9.82. The Bertz CT molecular complexity index is 627. The van der Waals surface area contributed by atoms with E-state index >= 15 is 0 Å². The molecule has 1 saturated heterocycles. The SMILES string of the molecule is CC1CN(c2snc(N)c2S(=O)(=O)C2CC2)CC(C)N1C. The monoisotopic (exact) mass is 330 g/mol. The molecule has 118 valence electrons. The zero-order chi connectivity index (χ0) is 15.4. The first kappa shape index (κ1) is 15.1. The number of piperazine rings is 1. The molecule has 8 heteroatoms. The molecule has 2 fully saturated rings. The van der Waals surface area contributed by atoms with Crippen LogP contribution < -0.4 is 10.6 Å². The van der Waals surface area contributed by atoms with Gasteiger partial charge in [-0.15, -0.1) is 0 Å². The number of aromatic nitrogens is 1. The van der Waals surface area contributed by atoms with Gasteiger partial charge in [-0.2, -0.15) is 4.37 Å². The summed E-state index contributed by atoms with van der Waals surface area (Å²) in [5, 5.41) is 0.475. The van der Waals surface area contributed by atoms with Crippen molar-refractivity contribution in [2.75, 3.05) is 30.8 Å². The van der Waals surface area contributed by atoms with Gasteiger partial charge < -0.3 is 10.6 Å². The van der Waals surface area contributed by atoms with E-state index < -0.39 is 9.84 Å². The summed E-state index contributed by atoms with van der Waals surface area (Å²) in [7, 11) is -1.21. The number of likely N-dealkylation sites (N-methyl/N-ethyl adjacent to an activating group) is 1.